The van der Waals surface area contributed by atoms with Crippen molar-refractivity contribution in [1.82, 2.24) is 20.5 Å². The molecule has 0 saturated carbocycles. The molecule has 3 rings (SSSR count). The summed E-state index contributed by atoms with van der Waals surface area (Å²) in [5.41, 5.74) is 4.07. The number of amides is 1. The summed E-state index contributed by atoms with van der Waals surface area (Å²) in [6.45, 7) is 6.14. The number of H-pyrrole nitrogens is 1. The Morgan fingerprint density at radius 1 is 1.16 bits per heavy atom. The maximum absolute atomic E-state index is 12.2. The van der Waals surface area contributed by atoms with Crippen molar-refractivity contribution in [2.45, 2.75) is 27.3 Å². The number of nitrogens with zero attached hydrogens (tertiary/aromatic N) is 2. The number of hydrogen-bond donors (Lipinski definition) is 2. The fourth-order valence-electron chi connectivity index (χ4n) is 2.51. The molecule has 0 radical (unpaired) electrons. The zero-order valence-corrected chi connectivity index (χ0v) is 14.5. The summed E-state index contributed by atoms with van der Waals surface area (Å²) >= 11 is 0. The third kappa shape index (κ3) is 3.85. The molecule has 0 atom stereocenters. The molecule has 2 N–H and O–H groups in total. The molecule has 25 heavy (non-hydrogen) atoms. The number of nitrogens with one attached hydrogen (secondary N) is 2. The molecule has 3 aromatic rings. The molecule has 2 heterocycles. The molecular formula is C19H20N4O2. The minimum atomic E-state index is -0.244. The lowest BCUT2D eigenvalue weighted by Crippen LogP contribution is -2.23. The van der Waals surface area contributed by atoms with Crippen LogP contribution in [0.3, 0.4) is 0 Å². The van der Waals surface area contributed by atoms with Crippen molar-refractivity contribution in [2.24, 2.45) is 0 Å². The molecular weight excluding hydrogens is 316 g/mol. The quantitative estimate of drug-likeness (QED) is 0.748. The first-order chi connectivity index (χ1) is 12.0. The van der Waals surface area contributed by atoms with Crippen LogP contribution < -0.4 is 10.1 Å². The molecule has 1 amide bonds. The fraction of sp³-hybridized carbons (Fsp3) is 0.211. The molecule has 2 aromatic heterocycles. The van der Waals surface area contributed by atoms with E-state index in [2.05, 4.69) is 20.5 Å². The standard InChI is InChI=1S/C19H20N4O2/c1-12-6-4-7-13(2)17(12)25-19-15(8-5-9-20-19)11-21-18(24)16-10-14(3)22-23-16/h4-10H,11H2,1-3H3,(H,21,24)(H,22,23). The summed E-state index contributed by atoms with van der Waals surface area (Å²) in [5, 5.41) is 9.56. The number of aryl methyl sites for hydroxylation is 3. The largest absolute Gasteiger partial charge is 0.438 e. The van der Waals surface area contributed by atoms with Crippen LogP contribution in [0.1, 0.15) is 32.9 Å². The van der Waals surface area contributed by atoms with Gasteiger partial charge in [-0.2, -0.15) is 5.10 Å². The van der Waals surface area contributed by atoms with Gasteiger partial charge in [0.1, 0.15) is 11.4 Å². The lowest BCUT2D eigenvalue weighted by Gasteiger charge is -2.14. The topological polar surface area (TPSA) is 79.9 Å². The van der Waals surface area contributed by atoms with Gasteiger partial charge >= 0.3 is 0 Å². The summed E-state index contributed by atoms with van der Waals surface area (Å²) in [6, 6.07) is 11.4. The van der Waals surface area contributed by atoms with E-state index in [9.17, 15) is 4.79 Å². The lowest BCUT2D eigenvalue weighted by atomic mass is 10.1. The predicted molar refractivity (Wildman–Crippen MR) is 94.7 cm³/mol. The second kappa shape index (κ2) is 7.17. The Bertz CT molecular complexity index is 882. The van der Waals surface area contributed by atoms with Gasteiger partial charge in [0, 0.05) is 24.0 Å². The van der Waals surface area contributed by atoms with Gasteiger partial charge in [-0.1, -0.05) is 24.3 Å². The number of para-hydroxylation sites is 1. The number of aromatic nitrogens is 3. The molecule has 6 nitrogen and oxygen atoms in total. The van der Waals surface area contributed by atoms with E-state index in [1.54, 1.807) is 12.3 Å². The fourth-order valence-corrected chi connectivity index (χ4v) is 2.51. The highest BCUT2D eigenvalue weighted by molar-refractivity contribution is 5.92. The van der Waals surface area contributed by atoms with Crippen molar-refractivity contribution in [3.63, 3.8) is 0 Å². The number of rotatable bonds is 5. The van der Waals surface area contributed by atoms with Crippen LogP contribution in [0.25, 0.3) is 0 Å². The molecule has 128 valence electrons. The van der Waals surface area contributed by atoms with Crippen molar-refractivity contribution >= 4 is 5.91 Å². The van der Waals surface area contributed by atoms with E-state index >= 15 is 0 Å². The smallest absolute Gasteiger partial charge is 0.272 e. The van der Waals surface area contributed by atoms with Crippen molar-refractivity contribution in [1.29, 1.82) is 0 Å². The number of hydrogen-bond acceptors (Lipinski definition) is 4. The van der Waals surface area contributed by atoms with Crippen LogP contribution in [0, 0.1) is 20.8 Å². The van der Waals surface area contributed by atoms with E-state index in [0.717, 1.165) is 28.1 Å². The van der Waals surface area contributed by atoms with Gasteiger partial charge in [-0.3, -0.25) is 9.89 Å². The lowest BCUT2D eigenvalue weighted by molar-refractivity contribution is 0.0945. The average molecular weight is 336 g/mol. The van der Waals surface area contributed by atoms with E-state index in [1.165, 1.54) is 0 Å². The first kappa shape index (κ1) is 16.7. The molecule has 0 fully saturated rings. The maximum Gasteiger partial charge on any atom is 0.272 e. The van der Waals surface area contributed by atoms with Gasteiger partial charge in [-0.25, -0.2) is 4.98 Å². The predicted octanol–water partition coefficient (Wildman–Crippen LogP) is 3.45. The third-order valence-electron chi connectivity index (χ3n) is 3.84. The van der Waals surface area contributed by atoms with Crippen molar-refractivity contribution in [3.8, 4) is 11.6 Å². The van der Waals surface area contributed by atoms with Gasteiger partial charge in [0.25, 0.3) is 5.91 Å². The Morgan fingerprint density at radius 2 is 1.92 bits per heavy atom. The van der Waals surface area contributed by atoms with Crippen LogP contribution in [0.15, 0.2) is 42.6 Å². The molecule has 0 unspecified atom stereocenters. The SMILES string of the molecule is Cc1cc(C(=O)NCc2cccnc2Oc2c(C)cccc2C)n[nH]1. The van der Waals surface area contributed by atoms with E-state index in [0.29, 0.717) is 18.1 Å². The van der Waals surface area contributed by atoms with Crippen LogP contribution in [0.2, 0.25) is 0 Å². The first-order valence-corrected chi connectivity index (χ1v) is 8.03. The molecule has 0 saturated heterocycles. The van der Waals surface area contributed by atoms with Crippen LogP contribution in [0.4, 0.5) is 0 Å². The first-order valence-electron chi connectivity index (χ1n) is 8.03. The van der Waals surface area contributed by atoms with E-state index in [-0.39, 0.29) is 5.91 Å². The van der Waals surface area contributed by atoms with Crippen LogP contribution in [-0.2, 0) is 6.54 Å². The second-order valence-corrected chi connectivity index (χ2v) is 5.91. The number of aromatic amines is 1. The highest BCUT2D eigenvalue weighted by atomic mass is 16.5. The summed E-state index contributed by atoms with van der Waals surface area (Å²) in [6.07, 6.45) is 1.67. The van der Waals surface area contributed by atoms with Crippen LogP contribution in [-0.4, -0.2) is 21.1 Å². The Labute approximate surface area is 146 Å². The normalized spacial score (nSPS) is 10.5. The summed E-state index contributed by atoms with van der Waals surface area (Å²) < 4.78 is 6.03. The highest BCUT2D eigenvalue weighted by Crippen LogP contribution is 2.29. The number of pyridine rings is 1. The van der Waals surface area contributed by atoms with E-state index < -0.39 is 0 Å². The average Bonchev–Trinajstić information content (AvgIpc) is 3.03. The Balaban J connectivity index is 1.76. The van der Waals surface area contributed by atoms with Gasteiger partial charge in [0.2, 0.25) is 5.88 Å². The molecule has 0 aliphatic heterocycles. The van der Waals surface area contributed by atoms with Gasteiger partial charge in [-0.15, -0.1) is 0 Å². The number of benzene rings is 1. The number of carbonyl (C=O) groups excluding carboxylic acids is 1. The molecule has 0 aliphatic carbocycles. The van der Waals surface area contributed by atoms with Crippen molar-refractivity contribution in [2.75, 3.05) is 0 Å². The number of carbonyl (C=O) groups is 1. The molecule has 0 aliphatic rings. The Hall–Kier alpha value is -3.15. The van der Waals surface area contributed by atoms with E-state index in [4.69, 9.17) is 4.74 Å². The summed E-state index contributed by atoms with van der Waals surface area (Å²) in [4.78, 5) is 16.5. The zero-order chi connectivity index (χ0) is 17.8. The van der Waals surface area contributed by atoms with Crippen LogP contribution in [0.5, 0.6) is 11.6 Å². The van der Waals surface area contributed by atoms with Crippen LogP contribution >= 0.6 is 0 Å². The van der Waals surface area contributed by atoms with Gasteiger partial charge in [-0.05, 0) is 44.0 Å². The number of ether oxygens (including phenoxy) is 1. The van der Waals surface area contributed by atoms with Gasteiger partial charge in [0.15, 0.2) is 0 Å². The summed E-state index contributed by atoms with van der Waals surface area (Å²) in [7, 11) is 0. The molecule has 0 spiro atoms. The van der Waals surface area contributed by atoms with Crippen molar-refractivity contribution < 1.29 is 9.53 Å². The molecule has 0 bridgehead atoms. The zero-order valence-electron chi connectivity index (χ0n) is 14.5. The maximum atomic E-state index is 12.2. The molecule has 6 heteroatoms. The Morgan fingerprint density at radius 3 is 2.60 bits per heavy atom. The van der Waals surface area contributed by atoms with Gasteiger partial charge in [0.05, 0.1) is 0 Å². The van der Waals surface area contributed by atoms with Crippen molar-refractivity contribution in [3.05, 3.63) is 70.7 Å². The van der Waals surface area contributed by atoms with Gasteiger partial charge < -0.3 is 10.1 Å². The molecule has 1 aromatic carbocycles. The highest BCUT2D eigenvalue weighted by Gasteiger charge is 2.13. The Kier molecular flexibility index (Phi) is 4.79. The second-order valence-electron chi connectivity index (χ2n) is 5.91. The third-order valence-corrected chi connectivity index (χ3v) is 3.84. The monoisotopic (exact) mass is 336 g/mol. The minimum Gasteiger partial charge on any atom is -0.438 e. The van der Waals surface area contributed by atoms with E-state index in [1.807, 2.05) is 51.1 Å². The summed E-state index contributed by atoms with van der Waals surface area (Å²) in [5.74, 6) is 1.03. The minimum absolute atomic E-state index is 0.244.